The molecule has 0 aliphatic carbocycles. The Morgan fingerprint density at radius 2 is 2.15 bits per heavy atom. The molecule has 1 unspecified atom stereocenters. The number of carbonyl (C=O) groups excluding carboxylic acids is 1. The van der Waals surface area contributed by atoms with E-state index in [0.29, 0.717) is 5.56 Å². The number of non-ortho nitro benzene ring substituents is 1. The summed E-state index contributed by atoms with van der Waals surface area (Å²) < 4.78 is 24.9. The monoisotopic (exact) mass is 320 g/mol. The molecule has 1 N–H and O–H groups in total. The average molecular weight is 321 g/mol. The number of hydrogen-bond acceptors (Lipinski definition) is 5. The standard InChI is InChI=1S/C11H13ClN2O5S/c1-20(18,19)13-11(6-10(15)7-12)8-3-2-4-9(5-8)14(16)17/h2-5,11,13H,6-7H2,1H3. The van der Waals surface area contributed by atoms with Crippen molar-refractivity contribution >= 4 is 33.1 Å². The molecule has 7 nitrogen and oxygen atoms in total. The Morgan fingerprint density at radius 3 is 2.65 bits per heavy atom. The van der Waals surface area contributed by atoms with Crippen molar-refractivity contribution in [3.63, 3.8) is 0 Å². The number of nitrogens with one attached hydrogen (secondary N) is 1. The predicted molar refractivity (Wildman–Crippen MR) is 74.2 cm³/mol. The molecular formula is C11H13ClN2O5S. The van der Waals surface area contributed by atoms with Crippen molar-refractivity contribution in [3.05, 3.63) is 39.9 Å². The maximum atomic E-state index is 11.4. The molecule has 0 saturated carbocycles. The molecule has 0 heterocycles. The molecule has 1 aromatic carbocycles. The van der Waals surface area contributed by atoms with Gasteiger partial charge in [0.1, 0.15) is 5.78 Å². The second-order valence-electron chi connectivity index (χ2n) is 4.17. The fourth-order valence-corrected chi connectivity index (χ4v) is 2.47. The van der Waals surface area contributed by atoms with E-state index in [1.54, 1.807) is 0 Å². The van der Waals surface area contributed by atoms with Gasteiger partial charge in [0.2, 0.25) is 10.0 Å². The van der Waals surface area contributed by atoms with Crippen LogP contribution in [-0.4, -0.2) is 31.3 Å². The molecule has 1 atom stereocenters. The van der Waals surface area contributed by atoms with E-state index in [0.717, 1.165) is 6.26 Å². The minimum atomic E-state index is -3.57. The van der Waals surface area contributed by atoms with Crippen molar-refractivity contribution in [1.82, 2.24) is 4.72 Å². The first-order valence-corrected chi connectivity index (χ1v) is 7.95. The molecule has 1 aromatic rings. The van der Waals surface area contributed by atoms with Crippen LogP contribution in [0.1, 0.15) is 18.0 Å². The van der Waals surface area contributed by atoms with Gasteiger partial charge in [0.25, 0.3) is 5.69 Å². The third kappa shape index (κ3) is 5.24. The van der Waals surface area contributed by atoms with Crippen molar-refractivity contribution < 1.29 is 18.1 Å². The zero-order chi connectivity index (χ0) is 15.3. The van der Waals surface area contributed by atoms with Gasteiger partial charge in [-0.1, -0.05) is 12.1 Å². The first-order chi connectivity index (χ1) is 9.23. The summed E-state index contributed by atoms with van der Waals surface area (Å²) in [6.45, 7) is 0. The van der Waals surface area contributed by atoms with Gasteiger partial charge in [-0.3, -0.25) is 14.9 Å². The number of Topliss-reactive ketones (excluding diaryl/α,β-unsaturated/α-hetero) is 1. The zero-order valence-electron chi connectivity index (χ0n) is 10.6. The van der Waals surface area contributed by atoms with Gasteiger partial charge in [-0.05, 0) is 5.56 Å². The molecule has 0 aromatic heterocycles. The summed E-state index contributed by atoms with van der Waals surface area (Å²) in [4.78, 5) is 21.5. The number of benzene rings is 1. The van der Waals surface area contributed by atoms with Gasteiger partial charge in [0.15, 0.2) is 0 Å². The number of nitrogens with zero attached hydrogens (tertiary/aromatic N) is 1. The molecule has 110 valence electrons. The van der Waals surface area contributed by atoms with Crippen LogP contribution < -0.4 is 4.72 Å². The summed E-state index contributed by atoms with van der Waals surface area (Å²) in [5.74, 6) is -0.615. The molecular weight excluding hydrogens is 308 g/mol. The molecule has 0 aliphatic rings. The van der Waals surface area contributed by atoms with Crippen LogP contribution in [0.2, 0.25) is 0 Å². The number of nitro benzene ring substituents is 1. The van der Waals surface area contributed by atoms with Crippen LogP contribution in [0.3, 0.4) is 0 Å². The lowest BCUT2D eigenvalue weighted by Gasteiger charge is -2.16. The second-order valence-corrected chi connectivity index (χ2v) is 6.22. The SMILES string of the molecule is CS(=O)(=O)NC(CC(=O)CCl)c1cccc([N+](=O)[O-])c1. The predicted octanol–water partition coefficient (Wildman–Crippen LogP) is 1.38. The lowest BCUT2D eigenvalue weighted by molar-refractivity contribution is -0.384. The number of carbonyl (C=O) groups is 1. The Kier molecular flexibility index (Phi) is 5.61. The molecule has 9 heteroatoms. The maximum Gasteiger partial charge on any atom is 0.269 e. The second kappa shape index (κ2) is 6.78. The number of halogens is 1. The van der Waals surface area contributed by atoms with Crippen LogP contribution in [0.5, 0.6) is 0 Å². The van der Waals surface area contributed by atoms with Gasteiger partial charge in [-0.15, -0.1) is 11.6 Å². The van der Waals surface area contributed by atoms with E-state index in [9.17, 15) is 23.3 Å². The van der Waals surface area contributed by atoms with E-state index >= 15 is 0 Å². The first kappa shape index (κ1) is 16.5. The molecule has 0 fully saturated rings. The normalized spacial score (nSPS) is 12.9. The molecule has 0 radical (unpaired) electrons. The molecule has 20 heavy (non-hydrogen) atoms. The molecule has 1 rings (SSSR count). The lowest BCUT2D eigenvalue weighted by atomic mass is 10.0. The Hall–Kier alpha value is -1.51. The van der Waals surface area contributed by atoms with E-state index in [1.807, 2.05) is 0 Å². The fraction of sp³-hybridized carbons (Fsp3) is 0.364. The number of hydrogen-bond donors (Lipinski definition) is 1. The third-order valence-electron chi connectivity index (χ3n) is 2.42. The quantitative estimate of drug-likeness (QED) is 0.464. The number of nitro groups is 1. The minimum absolute atomic E-state index is 0.169. The summed E-state index contributed by atoms with van der Waals surface area (Å²) in [5, 5.41) is 10.7. The fourth-order valence-electron chi connectivity index (χ4n) is 1.62. The summed E-state index contributed by atoms with van der Waals surface area (Å²) in [7, 11) is -3.57. The van der Waals surface area contributed by atoms with Gasteiger partial charge >= 0.3 is 0 Å². The molecule has 0 saturated heterocycles. The lowest BCUT2D eigenvalue weighted by Crippen LogP contribution is -2.29. The summed E-state index contributed by atoms with van der Waals surface area (Å²) in [6.07, 6.45) is 0.778. The van der Waals surface area contributed by atoms with E-state index in [4.69, 9.17) is 11.6 Å². The topological polar surface area (TPSA) is 106 Å². The van der Waals surface area contributed by atoms with Crippen LogP contribution in [0.25, 0.3) is 0 Å². The Labute approximate surface area is 121 Å². The first-order valence-electron chi connectivity index (χ1n) is 5.52. The largest absolute Gasteiger partial charge is 0.298 e. The zero-order valence-corrected chi connectivity index (χ0v) is 12.1. The number of ketones is 1. The smallest absolute Gasteiger partial charge is 0.269 e. The highest BCUT2D eigenvalue weighted by molar-refractivity contribution is 7.88. The highest BCUT2D eigenvalue weighted by atomic mass is 35.5. The van der Waals surface area contributed by atoms with Crippen LogP contribution >= 0.6 is 11.6 Å². The van der Waals surface area contributed by atoms with Crippen molar-refractivity contribution in [1.29, 1.82) is 0 Å². The van der Waals surface area contributed by atoms with Crippen molar-refractivity contribution in [3.8, 4) is 0 Å². The van der Waals surface area contributed by atoms with Crippen LogP contribution in [0, 0.1) is 10.1 Å². The molecule has 0 aliphatic heterocycles. The Bertz CT molecular complexity index is 617. The summed E-state index contributed by atoms with van der Waals surface area (Å²) in [6, 6.07) is 4.57. The summed E-state index contributed by atoms with van der Waals surface area (Å²) in [5.41, 5.74) is 0.157. The van der Waals surface area contributed by atoms with Crippen LogP contribution in [0.15, 0.2) is 24.3 Å². The third-order valence-corrected chi connectivity index (χ3v) is 3.43. The highest BCUT2D eigenvalue weighted by Gasteiger charge is 2.21. The van der Waals surface area contributed by atoms with E-state index in [-0.39, 0.29) is 23.8 Å². The number of alkyl halides is 1. The van der Waals surface area contributed by atoms with Crippen molar-refractivity contribution in [2.45, 2.75) is 12.5 Å². The van der Waals surface area contributed by atoms with E-state index in [2.05, 4.69) is 4.72 Å². The molecule has 0 bridgehead atoms. The Balaban J connectivity index is 3.12. The maximum absolute atomic E-state index is 11.4. The van der Waals surface area contributed by atoms with E-state index < -0.39 is 21.0 Å². The highest BCUT2D eigenvalue weighted by Crippen LogP contribution is 2.22. The number of rotatable bonds is 7. The van der Waals surface area contributed by atoms with Crippen molar-refractivity contribution in [2.75, 3.05) is 12.1 Å². The number of sulfonamides is 1. The molecule has 0 amide bonds. The van der Waals surface area contributed by atoms with E-state index in [1.165, 1.54) is 24.3 Å². The summed E-state index contributed by atoms with van der Waals surface area (Å²) >= 11 is 5.40. The Morgan fingerprint density at radius 1 is 1.50 bits per heavy atom. The van der Waals surface area contributed by atoms with Crippen molar-refractivity contribution in [2.24, 2.45) is 0 Å². The van der Waals surface area contributed by atoms with Crippen LogP contribution in [0.4, 0.5) is 5.69 Å². The van der Waals surface area contributed by atoms with Gasteiger partial charge in [0.05, 0.1) is 23.1 Å². The van der Waals surface area contributed by atoms with Gasteiger partial charge < -0.3 is 0 Å². The van der Waals surface area contributed by atoms with Crippen LogP contribution in [-0.2, 0) is 14.8 Å². The van der Waals surface area contributed by atoms with Gasteiger partial charge in [-0.25, -0.2) is 13.1 Å². The van der Waals surface area contributed by atoms with Gasteiger partial charge in [-0.2, -0.15) is 0 Å². The average Bonchev–Trinajstić information content (AvgIpc) is 2.36. The molecule has 0 spiro atoms. The minimum Gasteiger partial charge on any atom is -0.298 e. The van der Waals surface area contributed by atoms with Gasteiger partial charge in [0, 0.05) is 18.6 Å².